The van der Waals surface area contributed by atoms with E-state index in [9.17, 15) is 9.59 Å². The summed E-state index contributed by atoms with van der Waals surface area (Å²) in [7, 11) is 0. The van der Waals surface area contributed by atoms with Gasteiger partial charge in [0, 0.05) is 11.1 Å². The van der Waals surface area contributed by atoms with Gasteiger partial charge in [-0.15, -0.1) is 11.3 Å². The second kappa shape index (κ2) is 6.53. The number of anilines is 3. The first-order valence-corrected chi connectivity index (χ1v) is 6.61. The summed E-state index contributed by atoms with van der Waals surface area (Å²) in [5.41, 5.74) is 7.19. The fraction of sp³-hybridized carbons (Fsp3) is 0.0833. The molecule has 0 aliphatic rings. The number of aromatic nitrogens is 1. The summed E-state index contributed by atoms with van der Waals surface area (Å²) < 4.78 is 0. The van der Waals surface area contributed by atoms with Crippen LogP contribution in [0.4, 0.5) is 21.3 Å². The number of hydrogen-bond donors (Lipinski definition) is 4. The number of carbonyl (C=O) groups excluding carboxylic acids is 2. The van der Waals surface area contributed by atoms with Crippen LogP contribution in [-0.4, -0.2) is 17.4 Å². The number of amides is 3. The molecular formula is C12H13N5O2S. The molecule has 2 rings (SSSR count). The molecule has 0 spiro atoms. The van der Waals surface area contributed by atoms with Gasteiger partial charge in [0.1, 0.15) is 0 Å². The summed E-state index contributed by atoms with van der Waals surface area (Å²) >= 11 is 1.37. The van der Waals surface area contributed by atoms with Crippen LogP contribution in [-0.2, 0) is 4.79 Å². The summed E-state index contributed by atoms with van der Waals surface area (Å²) in [6.45, 7) is 1.86. The topological polar surface area (TPSA) is 95.1 Å². The van der Waals surface area contributed by atoms with Gasteiger partial charge in [0.05, 0.1) is 11.4 Å². The largest absolute Gasteiger partial charge is 0.325 e. The number of benzene rings is 1. The first kappa shape index (κ1) is 13.8. The molecule has 104 valence electrons. The number of rotatable bonds is 5. The molecule has 0 fully saturated rings. The maximum atomic E-state index is 11.7. The quantitative estimate of drug-likeness (QED) is 0.501. The van der Waals surface area contributed by atoms with E-state index < -0.39 is 0 Å². The Morgan fingerprint density at radius 1 is 1.20 bits per heavy atom. The van der Waals surface area contributed by atoms with Gasteiger partial charge in [-0.05, 0) is 31.2 Å². The first-order chi connectivity index (χ1) is 9.67. The fourth-order valence-electron chi connectivity index (χ4n) is 1.42. The van der Waals surface area contributed by atoms with Gasteiger partial charge in [0.15, 0.2) is 5.13 Å². The van der Waals surface area contributed by atoms with Crippen molar-refractivity contribution in [3.8, 4) is 0 Å². The summed E-state index contributed by atoms with van der Waals surface area (Å²) in [6.07, 6.45) is 0.537. The van der Waals surface area contributed by atoms with Crippen molar-refractivity contribution in [3.63, 3.8) is 0 Å². The fourth-order valence-corrected chi connectivity index (χ4v) is 2.10. The predicted molar refractivity (Wildman–Crippen MR) is 78.8 cm³/mol. The second-order valence-electron chi connectivity index (χ2n) is 3.84. The Bertz CT molecular complexity index is 596. The highest BCUT2D eigenvalue weighted by molar-refractivity contribution is 7.13. The molecule has 1 aromatic carbocycles. The standard InChI is InChI=1S/C12H13N5O2S/c1-8-6-20-12(14-8)16-11(19)15-9-2-4-10(5-3-9)17-13-7-18/h2-7,17H,1H3,(H,13,18)(H2,14,15,16,19). The predicted octanol–water partition coefficient (Wildman–Crippen LogP) is 2.17. The number of carbonyl (C=O) groups is 2. The summed E-state index contributed by atoms with van der Waals surface area (Å²) in [5.74, 6) is 0. The third-order valence-electron chi connectivity index (χ3n) is 2.26. The average Bonchev–Trinajstić information content (AvgIpc) is 2.83. The maximum Gasteiger partial charge on any atom is 0.325 e. The van der Waals surface area contributed by atoms with Crippen molar-refractivity contribution in [2.75, 3.05) is 16.1 Å². The molecule has 0 aliphatic heterocycles. The molecule has 3 amide bonds. The Morgan fingerprint density at radius 2 is 1.90 bits per heavy atom. The van der Waals surface area contributed by atoms with E-state index in [0.29, 0.717) is 22.9 Å². The van der Waals surface area contributed by atoms with Crippen LogP contribution in [0.3, 0.4) is 0 Å². The third kappa shape index (κ3) is 3.95. The number of thiazole rings is 1. The average molecular weight is 291 g/mol. The molecule has 8 heteroatoms. The smallest absolute Gasteiger partial charge is 0.308 e. The summed E-state index contributed by atoms with van der Waals surface area (Å²) in [5, 5.41) is 7.73. The van der Waals surface area contributed by atoms with Crippen molar-refractivity contribution >= 4 is 40.3 Å². The number of nitrogens with zero attached hydrogens (tertiary/aromatic N) is 1. The van der Waals surface area contributed by atoms with Crippen molar-refractivity contribution in [3.05, 3.63) is 35.3 Å². The molecule has 1 heterocycles. The number of aryl methyl sites for hydroxylation is 1. The van der Waals surface area contributed by atoms with E-state index in [0.717, 1.165) is 5.69 Å². The zero-order valence-electron chi connectivity index (χ0n) is 10.6. The van der Waals surface area contributed by atoms with Crippen molar-refractivity contribution in [2.24, 2.45) is 0 Å². The highest BCUT2D eigenvalue weighted by Gasteiger charge is 2.05. The lowest BCUT2D eigenvalue weighted by Gasteiger charge is -2.07. The number of nitrogens with one attached hydrogen (secondary N) is 4. The van der Waals surface area contributed by atoms with Crippen LogP contribution in [0.1, 0.15) is 5.69 Å². The van der Waals surface area contributed by atoms with Crippen LogP contribution >= 0.6 is 11.3 Å². The Kier molecular flexibility index (Phi) is 4.51. The van der Waals surface area contributed by atoms with Crippen molar-refractivity contribution in [1.29, 1.82) is 0 Å². The molecule has 0 radical (unpaired) electrons. The maximum absolute atomic E-state index is 11.7. The van der Waals surface area contributed by atoms with Gasteiger partial charge in [0.25, 0.3) is 0 Å². The van der Waals surface area contributed by atoms with Crippen LogP contribution in [0.25, 0.3) is 0 Å². The summed E-state index contributed by atoms with van der Waals surface area (Å²) in [4.78, 5) is 26.0. The van der Waals surface area contributed by atoms with Crippen LogP contribution in [0.15, 0.2) is 29.6 Å². The first-order valence-electron chi connectivity index (χ1n) is 5.73. The lowest BCUT2D eigenvalue weighted by molar-refractivity contribution is -0.109. The Hall–Kier alpha value is -2.61. The van der Waals surface area contributed by atoms with Gasteiger partial charge in [0.2, 0.25) is 6.41 Å². The van der Waals surface area contributed by atoms with Gasteiger partial charge < -0.3 is 5.32 Å². The minimum absolute atomic E-state index is 0.355. The Balaban J connectivity index is 1.89. The molecular weight excluding hydrogens is 278 g/mol. The minimum atomic E-state index is -0.355. The van der Waals surface area contributed by atoms with Crippen LogP contribution in [0, 0.1) is 6.92 Å². The molecule has 2 aromatic rings. The Morgan fingerprint density at radius 3 is 2.50 bits per heavy atom. The zero-order valence-corrected chi connectivity index (χ0v) is 11.5. The molecule has 0 saturated heterocycles. The number of hydrazine groups is 1. The third-order valence-corrected chi connectivity index (χ3v) is 3.13. The zero-order chi connectivity index (χ0) is 14.4. The van der Waals surface area contributed by atoms with E-state index in [4.69, 9.17) is 0 Å². The lowest BCUT2D eigenvalue weighted by Crippen LogP contribution is -2.20. The SMILES string of the molecule is Cc1csc(NC(=O)Nc2ccc(NNC=O)cc2)n1. The van der Waals surface area contributed by atoms with E-state index in [1.165, 1.54) is 11.3 Å². The van der Waals surface area contributed by atoms with Crippen LogP contribution in [0.5, 0.6) is 0 Å². The highest BCUT2D eigenvalue weighted by Crippen LogP contribution is 2.16. The molecule has 0 unspecified atom stereocenters. The minimum Gasteiger partial charge on any atom is -0.308 e. The lowest BCUT2D eigenvalue weighted by atomic mass is 10.3. The molecule has 1 aromatic heterocycles. The van der Waals surface area contributed by atoms with Gasteiger partial charge in [-0.2, -0.15) is 0 Å². The molecule has 7 nitrogen and oxygen atoms in total. The Labute approximate surface area is 119 Å². The highest BCUT2D eigenvalue weighted by atomic mass is 32.1. The molecule has 0 bridgehead atoms. The van der Waals surface area contributed by atoms with E-state index in [-0.39, 0.29) is 6.03 Å². The molecule has 20 heavy (non-hydrogen) atoms. The monoisotopic (exact) mass is 291 g/mol. The molecule has 0 aliphatic carbocycles. The molecule has 4 N–H and O–H groups in total. The van der Waals surface area contributed by atoms with E-state index in [2.05, 4.69) is 26.5 Å². The van der Waals surface area contributed by atoms with E-state index in [1.54, 1.807) is 24.3 Å². The van der Waals surface area contributed by atoms with Gasteiger partial charge in [-0.25, -0.2) is 9.78 Å². The molecule has 0 saturated carbocycles. The van der Waals surface area contributed by atoms with E-state index in [1.807, 2.05) is 12.3 Å². The summed E-state index contributed by atoms with van der Waals surface area (Å²) in [6, 6.07) is 6.51. The normalized spacial score (nSPS) is 9.65. The number of urea groups is 1. The van der Waals surface area contributed by atoms with Crippen LogP contribution < -0.4 is 21.5 Å². The van der Waals surface area contributed by atoms with Gasteiger partial charge in [-0.3, -0.25) is 21.0 Å². The number of hydrogen-bond acceptors (Lipinski definition) is 5. The molecule has 0 atom stereocenters. The second-order valence-corrected chi connectivity index (χ2v) is 4.70. The van der Waals surface area contributed by atoms with Gasteiger partial charge >= 0.3 is 6.03 Å². The van der Waals surface area contributed by atoms with Crippen LogP contribution in [0.2, 0.25) is 0 Å². The van der Waals surface area contributed by atoms with Crippen molar-refractivity contribution in [2.45, 2.75) is 6.92 Å². The van der Waals surface area contributed by atoms with Crippen molar-refractivity contribution in [1.82, 2.24) is 10.4 Å². The van der Waals surface area contributed by atoms with Crippen molar-refractivity contribution < 1.29 is 9.59 Å². The van der Waals surface area contributed by atoms with E-state index >= 15 is 0 Å². The van der Waals surface area contributed by atoms with Gasteiger partial charge in [-0.1, -0.05) is 0 Å².